The number of anilines is 3. The smallest absolute Gasteiger partial charge is 0.0717 e. The molecule has 1 nitrogen and oxygen atoms in total. The molecule has 2 unspecified atom stereocenters. The zero-order valence-electron chi connectivity index (χ0n) is 38.3. The average molecular weight is 838 g/mol. The van der Waals surface area contributed by atoms with Crippen molar-refractivity contribution in [2.75, 3.05) is 4.90 Å². The molecule has 0 fully saturated rings. The minimum atomic E-state index is -0.559. The van der Waals surface area contributed by atoms with Crippen LogP contribution in [-0.4, -0.2) is 0 Å². The lowest BCUT2D eigenvalue weighted by Crippen LogP contribution is -2.32. The molecule has 0 saturated heterocycles. The summed E-state index contributed by atoms with van der Waals surface area (Å²) in [5, 5.41) is 0. The summed E-state index contributed by atoms with van der Waals surface area (Å²) in [6.07, 6.45) is 0. The molecule has 1 heteroatoms. The Morgan fingerprint density at radius 1 is 0.292 bits per heavy atom. The van der Waals surface area contributed by atoms with Gasteiger partial charge in [0, 0.05) is 17.1 Å². The fourth-order valence-electron chi connectivity index (χ4n) is 11.4. The maximum atomic E-state index is 2.51. The summed E-state index contributed by atoms with van der Waals surface area (Å²) in [4.78, 5) is 2.48. The van der Waals surface area contributed by atoms with E-state index in [1.54, 1.807) is 0 Å². The molecule has 2 aliphatic rings. The molecule has 0 spiro atoms. The highest BCUT2D eigenvalue weighted by Crippen LogP contribution is 2.60. The second kappa shape index (κ2) is 15.2. The van der Waals surface area contributed by atoms with E-state index in [0.29, 0.717) is 0 Å². The number of rotatable bonds is 7. The molecule has 9 aromatic carbocycles. The van der Waals surface area contributed by atoms with Gasteiger partial charge in [-0.3, -0.25) is 0 Å². The Labute approximate surface area is 385 Å². The molecule has 2 aliphatic carbocycles. The first kappa shape index (κ1) is 40.5. The fraction of sp³-hybridized carbons (Fsp3) is 0.156. The van der Waals surface area contributed by atoms with E-state index in [0.717, 1.165) is 17.1 Å². The topological polar surface area (TPSA) is 3.24 Å². The standard InChI is InChI=1S/C64H55N/c1-61(2,3)44-34-36-47(37-35-44)63(45-22-10-7-11-23-45)55-30-18-16-28-51(55)53-40-38-49(42-59(53)63)65(48-26-14-9-15-27-48)50-39-41-54-52-29-17-19-31-56(52)64(60(54)43-50,46-24-12-8-13-25-46)58-33-21-20-32-57(58)62(4,5)6/h7-43H,1-6H3. The zero-order chi connectivity index (χ0) is 44.6. The van der Waals surface area contributed by atoms with Crippen LogP contribution in [0.3, 0.4) is 0 Å². The molecule has 0 amide bonds. The molecule has 9 aromatic rings. The third-order valence-corrected chi connectivity index (χ3v) is 14.3. The SMILES string of the molecule is CC(C)(C)c1ccc(C2(c3ccccc3)c3ccccc3-c3ccc(N(c4ccccc4)c4ccc5c(c4)C(c4ccccc4)(c4ccccc4C(C)(C)C)c4ccccc4-5)cc32)cc1. The van der Waals surface area contributed by atoms with Crippen molar-refractivity contribution in [3.05, 3.63) is 280 Å². The van der Waals surface area contributed by atoms with Crippen LogP contribution in [-0.2, 0) is 21.7 Å². The van der Waals surface area contributed by atoms with Crippen LogP contribution in [0.2, 0.25) is 0 Å². The van der Waals surface area contributed by atoms with Gasteiger partial charge in [0.25, 0.3) is 0 Å². The molecular weight excluding hydrogens is 783 g/mol. The van der Waals surface area contributed by atoms with Gasteiger partial charge in [0.2, 0.25) is 0 Å². The monoisotopic (exact) mass is 837 g/mol. The summed E-state index contributed by atoms with van der Waals surface area (Å²) in [6, 6.07) is 84.6. The third kappa shape index (κ3) is 6.20. The molecule has 0 N–H and O–H groups in total. The van der Waals surface area contributed by atoms with Crippen LogP contribution in [0.5, 0.6) is 0 Å². The van der Waals surface area contributed by atoms with Crippen molar-refractivity contribution in [2.24, 2.45) is 0 Å². The highest BCUT2D eigenvalue weighted by Gasteiger charge is 2.49. The molecule has 0 radical (unpaired) electrons. The summed E-state index contributed by atoms with van der Waals surface area (Å²) < 4.78 is 0. The second-order valence-corrected chi connectivity index (χ2v) is 20.1. The highest BCUT2D eigenvalue weighted by atomic mass is 15.1. The molecule has 65 heavy (non-hydrogen) atoms. The molecule has 2 atom stereocenters. The van der Waals surface area contributed by atoms with E-state index >= 15 is 0 Å². The van der Waals surface area contributed by atoms with Gasteiger partial charge in [-0.05, 0) is 125 Å². The normalized spacial score (nSPS) is 17.2. The van der Waals surface area contributed by atoms with E-state index in [9.17, 15) is 0 Å². The average Bonchev–Trinajstić information content (AvgIpc) is 3.80. The number of hydrogen-bond donors (Lipinski definition) is 0. The first-order valence-electron chi connectivity index (χ1n) is 23.2. The maximum absolute atomic E-state index is 2.51. The van der Waals surface area contributed by atoms with E-state index in [2.05, 4.69) is 271 Å². The van der Waals surface area contributed by atoms with E-state index in [-0.39, 0.29) is 10.8 Å². The van der Waals surface area contributed by atoms with Gasteiger partial charge >= 0.3 is 0 Å². The van der Waals surface area contributed by atoms with Crippen LogP contribution in [0, 0.1) is 0 Å². The molecular formula is C64H55N. The van der Waals surface area contributed by atoms with E-state index in [1.807, 2.05) is 0 Å². The molecule has 0 aliphatic heterocycles. The van der Waals surface area contributed by atoms with Crippen LogP contribution >= 0.6 is 0 Å². The second-order valence-electron chi connectivity index (χ2n) is 20.1. The summed E-state index contributed by atoms with van der Waals surface area (Å²) in [7, 11) is 0. The van der Waals surface area contributed by atoms with E-state index in [1.165, 1.54) is 77.9 Å². The van der Waals surface area contributed by atoms with Gasteiger partial charge < -0.3 is 4.90 Å². The number of nitrogens with zero attached hydrogens (tertiary/aromatic N) is 1. The minimum Gasteiger partial charge on any atom is -0.310 e. The van der Waals surface area contributed by atoms with Crippen LogP contribution in [0.15, 0.2) is 224 Å². The fourth-order valence-corrected chi connectivity index (χ4v) is 11.4. The first-order valence-corrected chi connectivity index (χ1v) is 23.2. The van der Waals surface area contributed by atoms with Crippen LogP contribution < -0.4 is 4.90 Å². The highest BCUT2D eigenvalue weighted by molar-refractivity contribution is 5.92. The van der Waals surface area contributed by atoms with Crippen LogP contribution in [0.25, 0.3) is 22.3 Å². The van der Waals surface area contributed by atoms with Gasteiger partial charge in [-0.25, -0.2) is 0 Å². The summed E-state index contributed by atoms with van der Waals surface area (Å²) in [5.74, 6) is 0. The van der Waals surface area contributed by atoms with Gasteiger partial charge in [0.1, 0.15) is 0 Å². The Balaban J connectivity index is 1.19. The van der Waals surface area contributed by atoms with Gasteiger partial charge in [-0.1, -0.05) is 230 Å². The molecule has 0 bridgehead atoms. The number of benzene rings is 9. The lowest BCUT2D eigenvalue weighted by atomic mass is 9.64. The molecule has 0 aromatic heterocycles. The maximum Gasteiger partial charge on any atom is 0.0717 e. The minimum absolute atomic E-state index is 0.0391. The lowest BCUT2D eigenvalue weighted by molar-refractivity contribution is 0.571. The zero-order valence-corrected chi connectivity index (χ0v) is 38.3. The Kier molecular flexibility index (Phi) is 9.49. The Hall–Kier alpha value is -7.22. The summed E-state index contributed by atoms with van der Waals surface area (Å²) >= 11 is 0. The molecule has 0 heterocycles. The van der Waals surface area contributed by atoms with Crippen LogP contribution in [0.1, 0.15) is 97.2 Å². The van der Waals surface area contributed by atoms with Crippen molar-refractivity contribution in [3.8, 4) is 22.3 Å². The van der Waals surface area contributed by atoms with Crippen molar-refractivity contribution < 1.29 is 0 Å². The van der Waals surface area contributed by atoms with Gasteiger partial charge in [-0.2, -0.15) is 0 Å². The van der Waals surface area contributed by atoms with Crippen molar-refractivity contribution in [2.45, 2.75) is 63.2 Å². The Morgan fingerprint density at radius 3 is 1.22 bits per heavy atom. The Bertz CT molecular complexity index is 3200. The predicted molar refractivity (Wildman–Crippen MR) is 273 cm³/mol. The molecule has 316 valence electrons. The third-order valence-electron chi connectivity index (χ3n) is 14.3. The molecule has 0 saturated carbocycles. The molecule has 11 rings (SSSR count). The summed E-state index contributed by atoms with van der Waals surface area (Å²) in [5.41, 5.74) is 20.3. The van der Waals surface area contributed by atoms with Crippen molar-refractivity contribution in [1.82, 2.24) is 0 Å². The van der Waals surface area contributed by atoms with Crippen molar-refractivity contribution in [3.63, 3.8) is 0 Å². The number of hydrogen-bond acceptors (Lipinski definition) is 1. The summed E-state index contributed by atoms with van der Waals surface area (Å²) in [6.45, 7) is 13.9. The lowest BCUT2D eigenvalue weighted by Gasteiger charge is -2.38. The van der Waals surface area contributed by atoms with Gasteiger partial charge in [0.05, 0.1) is 10.8 Å². The van der Waals surface area contributed by atoms with Crippen molar-refractivity contribution in [1.29, 1.82) is 0 Å². The quantitative estimate of drug-likeness (QED) is 0.155. The van der Waals surface area contributed by atoms with E-state index in [4.69, 9.17) is 0 Å². The predicted octanol–water partition coefficient (Wildman–Crippen LogP) is 16.5. The van der Waals surface area contributed by atoms with E-state index < -0.39 is 10.8 Å². The Morgan fingerprint density at radius 2 is 0.692 bits per heavy atom. The van der Waals surface area contributed by atoms with Crippen molar-refractivity contribution >= 4 is 17.1 Å². The van der Waals surface area contributed by atoms with Gasteiger partial charge in [0.15, 0.2) is 0 Å². The van der Waals surface area contributed by atoms with Gasteiger partial charge in [-0.15, -0.1) is 0 Å². The number of para-hydroxylation sites is 1. The number of fused-ring (bicyclic) bond motifs is 6. The largest absolute Gasteiger partial charge is 0.310 e. The first-order chi connectivity index (χ1) is 31.5. The van der Waals surface area contributed by atoms with Crippen LogP contribution in [0.4, 0.5) is 17.1 Å².